The van der Waals surface area contributed by atoms with Crippen molar-refractivity contribution in [3.63, 3.8) is 0 Å². The molecule has 1 amide bonds. The van der Waals surface area contributed by atoms with Crippen LogP contribution in [0.4, 0.5) is 4.39 Å². The van der Waals surface area contributed by atoms with Crippen molar-refractivity contribution < 1.29 is 9.18 Å². The van der Waals surface area contributed by atoms with Gasteiger partial charge in [-0.1, -0.05) is 32.9 Å². The number of rotatable bonds is 4. The monoisotopic (exact) mass is 381 g/mol. The first-order chi connectivity index (χ1) is 12.0. The van der Waals surface area contributed by atoms with Crippen LogP contribution in [-0.4, -0.2) is 39.8 Å². The summed E-state index contributed by atoms with van der Waals surface area (Å²) in [5.41, 5.74) is 0.299. The zero-order chi connectivity index (χ0) is 18.0. The molecule has 0 saturated carbocycles. The average Bonchev–Trinajstić information content (AvgIpc) is 3.03. The van der Waals surface area contributed by atoms with Gasteiger partial charge in [-0.05, 0) is 37.6 Å². The number of hydrogen-bond donors (Lipinski definition) is 2. The molecule has 2 N–H and O–H groups in total. The third-order valence-corrected chi connectivity index (χ3v) is 4.53. The highest BCUT2D eigenvalue weighted by atomic mass is 35.5. The standard InChI is InChI=1S/C18H24FN5O.ClH/c1-11(2)17-22-16(18(25)21-14-8-9-20-10-12(14)3)23-24(17)15-7-5-4-6-13(15)19;/h4-7,11-12,14,20H,8-10H2,1-3H3,(H,21,25);1H. The Labute approximate surface area is 159 Å². The molecule has 1 aromatic carbocycles. The topological polar surface area (TPSA) is 71.8 Å². The molecule has 0 aliphatic carbocycles. The highest BCUT2D eigenvalue weighted by molar-refractivity contribution is 5.90. The van der Waals surface area contributed by atoms with Gasteiger partial charge in [0.05, 0.1) is 0 Å². The maximum atomic E-state index is 14.2. The lowest BCUT2D eigenvalue weighted by molar-refractivity contribution is 0.0903. The lowest BCUT2D eigenvalue weighted by Crippen LogP contribution is -2.48. The van der Waals surface area contributed by atoms with Crippen LogP contribution in [0.15, 0.2) is 24.3 Å². The summed E-state index contributed by atoms with van der Waals surface area (Å²) < 4.78 is 15.6. The molecule has 2 aromatic rings. The fourth-order valence-corrected chi connectivity index (χ4v) is 3.06. The minimum Gasteiger partial charge on any atom is -0.346 e. The van der Waals surface area contributed by atoms with Crippen LogP contribution in [-0.2, 0) is 0 Å². The molecule has 8 heteroatoms. The Kier molecular flexibility index (Phi) is 6.72. The molecular formula is C18H25ClFN5O. The molecule has 1 aliphatic rings. The van der Waals surface area contributed by atoms with Gasteiger partial charge in [0, 0.05) is 12.0 Å². The van der Waals surface area contributed by atoms with Crippen molar-refractivity contribution in [2.45, 2.75) is 39.2 Å². The number of para-hydroxylation sites is 1. The van der Waals surface area contributed by atoms with E-state index in [0.717, 1.165) is 19.5 Å². The molecule has 142 valence electrons. The number of aromatic nitrogens is 3. The predicted octanol–water partition coefficient (Wildman–Crippen LogP) is 2.68. The molecule has 2 unspecified atom stereocenters. The molecule has 26 heavy (non-hydrogen) atoms. The normalized spacial score (nSPS) is 19.9. The van der Waals surface area contributed by atoms with Gasteiger partial charge >= 0.3 is 0 Å². The summed E-state index contributed by atoms with van der Waals surface area (Å²) in [7, 11) is 0. The minimum atomic E-state index is -0.395. The van der Waals surface area contributed by atoms with Gasteiger partial charge < -0.3 is 10.6 Å². The molecule has 0 radical (unpaired) electrons. The number of hydrogen-bond acceptors (Lipinski definition) is 4. The van der Waals surface area contributed by atoms with E-state index in [4.69, 9.17) is 0 Å². The lowest BCUT2D eigenvalue weighted by Gasteiger charge is -2.29. The summed E-state index contributed by atoms with van der Waals surface area (Å²) in [4.78, 5) is 17.0. The Hall–Kier alpha value is -1.99. The first-order valence-electron chi connectivity index (χ1n) is 8.70. The first kappa shape index (κ1) is 20.3. The summed E-state index contributed by atoms with van der Waals surface area (Å²) in [6, 6.07) is 6.46. The van der Waals surface area contributed by atoms with Crippen molar-refractivity contribution in [1.29, 1.82) is 0 Å². The van der Waals surface area contributed by atoms with E-state index in [1.54, 1.807) is 18.2 Å². The van der Waals surface area contributed by atoms with E-state index in [0.29, 0.717) is 17.4 Å². The third-order valence-electron chi connectivity index (χ3n) is 4.53. The van der Waals surface area contributed by atoms with E-state index in [-0.39, 0.29) is 36.1 Å². The zero-order valence-corrected chi connectivity index (χ0v) is 16.0. The molecule has 2 heterocycles. The zero-order valence-electron chi connectivity index (χ0n) is 15.2. The number of amides is 1. The molecule has 2 atom stereocenters. The second kappa shape index (κ2) is 8.60. The fourth-order valence-electron chi connectivity index (χ4n) is 3.06. The number of carbonyl (C=O) groups excluding carboxylic acids is 1. The Bertz CT molecular complexity index is 764. The van der Waals surface area contributed by atoms with Gasteiger partial charge in [-0.3, -0.25) is 4.79 Å². The second-order valence-electron chi connectivity index (χ2n) is 6.86. The van der Waals surface area contributed by atoms with E-state index in [2.05, 4.69) is 27.6 Å². The van der Waals surface area contributed by atoms with E-state index < -0.39 is 5.82 Å². The van der Waals surface area contributed by atoms with Crippen LogP contribution in [0, 0.1) is 11.7 Å². The molecule has 1 aliphatic heterocycles. The maximum Gasteiger partial charge on any atom is 0.291 e. The van der Waals surface area contributed by atoms with Crippen LogP contribution in [0.25, 0.3) is 5.69 Å². The van der Waals surface area contributed by atoms with Gasteiger partial charge in [0.2, 0.25) is 5.82 Å². The smallest absolute Gasteiger partial charge is 0.291 e. The van der Waals surface area contributed by atoms with Crippen LogP contribution in [0.2, 0.25) is 0 Å². The Morgan fingerprint density at radius 3 is 2.77 bits per heavy atom. The number of carbonyl (C=O) groups is 1. The number of nitrogens with zero attached hydrogens (tertiary/aromatic N) is 3. The predicted molar refractivity (Wildman–Crippen MR) is 101 cm³/mol. The van der Waals surface area contributed by atoms with E-state index >= 15 is 0 Å². The van der Waals surface area contributed by atoms with Gasteiger partial charge in [0.15, 0.2) is 0 Å². The van der Waals surface area contributed by atoms with E-state index in [1.807, 2.05) is 13.8 Å². The van der Waals surface area contributed by atoms with Gasteiger partial charge in [-0.25, -0.2) is 14.1 Å². The number of halogens is 2. The fraction of sp³-hybridized carbons (Fsp3) is 0.500. The van der Waals surface area contributed by atoms with Gasteiger partial charge in [-0.15, -0.1) is 17.5 Å². The van der Waals surface area contributed by atoms with Crippen molar-refractivity contribution in [1.82, 2.24) is 25.4 Å². The molecule has 6 nitrogen and oxygen atoms in total. The molecule has 1 aromatic heterocycles. The quantitative estimate of drug-likeness (QED) is 0.854. The highest BCUT2D eigenvalue weighted by Crippen LogP contribution is 2.20. The van der Waals surface area contributed by atoms with E-state index in [9.17, 15) is 9.18 Å². The van der Waals surface area contributed by atoms with Gasteiger partial charge in [-0.2, -0.15) is 0 Å². The first-order valence-corrected chi connectivity index (χ1v) is 8.70. The van der Waals surface area contributed by atoms with Crippen molar-refractivity contribution in [3.05, 3.63) is 41.7 Å². The molecule has 0 bridgehead atoms. The molecule has 1 fully saturated rings. The largest absolute Gasteiger partial charge is 0.346 e. The number of piperidine rings is 1. The Balaban J connectivity index is 0.00000243. The van der Waals surface area contributed by atoms with Crippen LogP contribution >= 0.6 is 12.4 Å². The van der Waals surface area contributed by atoms with Gasteiger partial charge in [0.25, 0.3) is 5.91 Å². The van der Waals surface area contributed by atoms with E-state index in [1.165, 1.54) is 10.7 Å². The van der Waals surface area contributed by atoms with Crippen LogP contribution in [0.3, 0.4) is 0 Å². The number of nitrogens with one attached hydrogen (secondary N) is 2. The molecule has 3 rings (SSSR count). The summed E-state index contributed by atoms with van der Waals surface area (Å²) in [5, 5.41) is 10.6. The maximum absolute atomic E-state index is 14.2. The third kappa shape index (κ3) is 4.22. The Morgan fingerprint density at radius 1 is 1.38 bits per heavy atom. The second-order valence-corrected chi connectivity index (χ2v) is 6.86. The Morgan fingerprint density at radius 2 is 2.12 bits per heavy atom. The summed E-state index contributed by atoms with van der Waals surface area (Å²) >= 11 is 0. The van der Waals surface area contributed by atoms with Gasteiger partial charge in [0.1, 0.15) is 17.3 Å². The SMILES string of the molecule is CC(C)c1nc(C(=O)NC2CCNCC2C)nn1-c1ccccc1F.Cl. The van der Waals surface area contributed by atoms with Crippen LogP contribution in [0.1, 0.15) is 49.6 Å². The van der Waals surface area contributed by atoms with Crippen molar-refractivity contribution >= 4 is 18.3 Å². The molecule has 1 saturated heterocycles. The molecular weight excluding hydrogens is 357 g/mol. The summed E-state index contributed by atoms with van der Waals surface area (Å²) in [6.07, 6.45) is 0.873. The highest BCUT2D eigenvalue weighted by Gasteiger charge is 2.26. The molecule has 0 spiro atoms. The van der Waals surface area contributed by atoms with Crippen molar-refractivity contribution in [2.75, 3.05) is 13.1 Å². The van der Waals surface area contributed by atoms with Crippen molar-refractivity contribution in [3.8, 4) is 5.69 Å². The average molecular weight is 382 g/mol. The van der Waals surface area contributed by atoms with Crippen LogP contribution < -0.4 is 10.6 Å². The summed E-state index contributed by atoms with van der Waals surface area (Å²) in [6.45, 7) is 7.74. The number of benzene rings is 1. The lowest BCUT2D eigenvalue weighted by atomic mass is 9.95. The minimum absolute atomic E-state index is 0. The van der Waals surface area contributed by atoms with Crippen molar-refractivity contribution in [2.24, 2.45) is 5.92 Å². The van der Waals surface area contributed by atoms with Crippen LogP contribution in [0.5, 0.6) is 0 Å². The summed E-state index contributed by atoms with van der Waals surface area (Å²) in [5.74, 6) is 0.289.